The molecule has 0 radical (unpaired) electrons. The van der Waals surface area contributed by atoms with Crippen LogP contribution in [0.1, 0.15) is 11.1 Å². The van der Waals surface area contributed by atoms with Crippen molar-refractivity contribution >= 4 is 41.2 Å². The van der Waals surface area contributed by atoms with Crippen molar-refractivity contribution in [1.29, 1.82) is 0 Å². The van der Waals surface area contributed by atoms with E-state index in [4.69, 9.17) is 16.3 Å². The van der Waals surface area contributed by atoms with Crippen molar-refractivity contribution in [2.45, 2.75) is 0 Å². The molecular formula is C22H19ClN2O2. The molecule has 0 spiro atoms. The predicted molar refractivity (Wildman–Crippen MR) is 112 cm³/mol. The van der Waals surface area contributed by atoms with Gasteiger partial charge in [0.2, 0.25) is 0 Å². The number of hydrogen-bond donors (Lipinski definition) is 2. The topological polar surface area (TPSA) is 50.4 Å². The zero-order valence-electron chi connectivity index (χ0n) is 14.8. The Balaban J connectivity index is 1.63. The summed E-state index contributed by atoms with van der Waals surface area (Å²) in [6, 6.07) is 22.0. The monoisotopic (exact) mass is 378 g/mol. The Labute approximate surface area is 163 Å². The van der Waals surface area contributed by atoms with Crippen LogP contribution in [0.15, 0.2) is 72.8 Å². The molecule has 27 heavy (non-hydrogen) atoms. The Morgan fingerprint density at radius 1 is 0.852 bits per heavy atom. The van der Waals surface area contributed by atoms with E-state index in [-0.39, 0.29) is 6.03 Å². The van der Waals surface area contributed by atoms with Crippen molar-refractivity contribution in [3.05, 3.63) is 88.9 Å². The largest absolute Gasteiger partial charge is 0.497 e. The molecule has 0 aromatic heterocycles. The van der Waals surface area contributed by atoms with Crippen LogP contribution < -0.4 is 15.4 Å². The number of hydrogen-bond acceptors (Lipinski definition) is 2. The molecule has 3 aromatic carbocycles. The third-order valence-corrected chi connectivity index (χ3v) is 4.08. The SMILES string of the molecule is COc1ccc(C=Cc2cccc(NC(=O)Nc3ccc(Cl)cc3)c2)cc1. The molecule has 3 rings (SSSR count). The minimum atomic E-state index is -0.311. The molecule has 2 amide bonds. The number of nitrogens with one attached hydrogen (secondary N) is 2. The zero-order valence-corrected chi connectivity index (χ0v) is 15.5. The molecule has 2 N–H and O–H groups in total. The van der Waals surface area contributed by atoms with Crippen molar-refractivity contribution in [3.63, 3.8) is 0 Å². The average molecular weight is 379 g/mol. The highest BCUT2D eigenvalue weighted by Crippen LogP contribution is 2.17. The highest BCUT2D eigenvalue weighted by atomic mass is 35.5. The summed E-state index contributed by atoms with van der Waals surface area (Å²) < 4.78 is 5.16. The quantitative estimate of drug-likeness (QED) is 0.522. The number of benzene rings is 3. The van der Waals surface area contributed by atoms with Gasteiger partial charge >= 0.3 is 6.03 Å². The van der Waals surface area contributed by atoms with Gasteiger partial charge in [-0.1, -0.05) is 48.0 Å². The number of urea groups is 1. The number of rotatable bonds is 5. The molecule has 0 aliphatic rings. The summed E-state index contributed by atoms with van der Waals surface area (Å²) in [5.74, 6) is 0.824. The van der Waals surface area contributed by atoms with Gasteiger partial charge < -0.3 is 15.4 Å². The number of carbonyl (C=O) groups is 1. The van der Waals surface area contributed by atoms with Gasteiger partial charge in [-0.2, -0.15) is 0 Å². The molecule has 0 unspecified atom stereocenters. The molecule has 3 aromatic rings. The van der Waals surface area contributed by atoms with E-state index in [1.807, 2.05) is 60.7 Å². The summed E-state index contributed by atoms with van der Waals surface area (Å²) in [6.07, 6.45) is 4.00. The second kappa shape index (κ2) is 8.92. The number of ether oxygens (including phenoxy) is 1. The van der Waals surface area contributed by atoms with Crippen molar-refractivity contribution in [2.24, 2.45) is 0 Å². The number of amides is 2. The van der Waals surface area contributed by atoms with Gasteiger partial charge in [0.25, 0.3) is 0 Å². The Hall–Kier alpha value is -3.24. The van der Waals surface area contributed by atoms with Crippen LogP contribution in [-0.4, -0.2) is 13.1 Å². The van der Waals surface area contributed by atoms with Crippen LogP contribution >= 0.6 is 11.6 Å². The zero-order chi connectivity index (χ0) is 19.1. The number of methoxy groups -OCH3 is 1. The third kappa shape index (κ3) is 5.62. The van der Waals surface area contributed by atoms with E-state index in [0.717, 1.165) is 16.9 Å². The summed E-state index contributed by atoms with van der Waals surface area (Å²) in [5, 5.41) is 6.21. The molecule has 0 atom stereocenters. The Kier molecular flexibility index (Phi) is 6.13. The predicted octanol–water partition coefficient (Wildman–Crippen LogP) is 6.16. The molecule has 0 fully saturated rings. The normalized spacial score (nSPS) is 10.6. The van der Waals surface area contributed by atoms with E-state index >= 15 is 0 Å². The van der Waals surface area contributed by atoms with Crippen molar-refractivity contribution in [3.8, 4) is 5.75 Å². The first kappa shape index (κ1) is 18.5. The number of carbonyl (C=O) groups excluding carboxylic acids is 1. The van der Waals surface area contributed by atoms with Gasteiger partial charge in [-0.3, -0.25) is 0 Å². The van der Waals surface area contributed by atoms with Gasteiger partial charge in [-0.15, -0.1) is 0 Å². The maximum atomic E-state index is 12.1. The lowest BCUT2D eigenvalue weighted by atomic mass is 10.1. The van der Waals surface area contributed by atoms with Crippen LogP contribution in [-0.2, 0) is 0 Å². The first-order valence-electron chi connectivity index (χ1n) is 8.38. The molecule has 0 aliphatic heterocycles. The summed E-state index contributed by atoms with van der Waals surface area (Å²) in [4.78, 5) is 12.1. The summed E-state index contributed by atoms with van der Waals surface area (Å²) in [7, 11) is 1.65. The molecule has 5 heteroatoms. The van der Waals surface area contributed by atoms with Crippen LogP contribution in [0.5, 0.6) is 5.75 Å². The molecular weight excluding hydrogens is 360 g/mol. The minimum absolute atomic E-state index is 0.311. The second-order valence-electron chi connectivity index (χ2n) is 5.82. The van der Waals surface area contributed by atoms with Gasteiger partial charge in [-0.25, -0.2) is 4.79 Å². The standard InChI is InChI=1S/C22H19ClN2O2/c1-27-21-13-7-16(8-14-21)5-6-17-3-2-4-20(15-17)25-22(26)24-19-11-9-18(23)10-12-19/h2-15H,1H3,(H2,24,25,26). The van der Waals surface area contributed by atoms with Gasteiger partial charge in [0.05, 0.1) is 7.11 Å². The van der Waals surface area contributed by atoms with Crippen molar-refractivity contribution in [1.82, 2.24) is 0 Å². The summed E-state index contributed by atoms with van der Waals surface area (Å²) >= 11 is 5.84. The molecule has 0 bridgehead atoms. The van der Waals surface area contributed by atoms with Gasteiger partial charge in [0.15, 0.2) is 0 Å². The lowest BCUT2D eigenvalue weighted by Gasteiger charge is -2.08. The molecule has 0 heterocycles. The smallest absolute Gasteiger partial charge is 0.323 e. The van der Waals surface area contributed by atoms with E-state index in [2.05, 4.69) is 10.6 Å². The average Bonchev–Trinajstić information content (AvgIpc) is 2.69. The summed E-state index contributed by atoms with van der Waals surface area (Å²) in [5.41, 5.74) is 3.43. The van der Waals surface area contributed by atoms with Gasteiger partial charge in [-0.05, 0) is 59.7 Å². The van der Waals surface area contributed by atoms with Crippen molar-refractivity contribution in [2.75, 3.05) is 17.7 Å². The maximum Gasteiger partial charge on any atom is 0.323 e. The molecule has 0 aliphatic carbocycles. The second-order valence-corrected chi connectivity index (χ2v) is 6.25. The molecule has 0 saturated heterocycles. The molecule has 4 nitrogen and oxygen atoms in total. The Morgan fingerprint density at radius 3 is 2.22 bits per heavy atom. The first-order chi connectivity index (χ1) is 13.1. The Bertz CT molecular complexity index is 935. The van der Waals surface area contributed by atoms with E-state index < -0.39 is 0 Å². The third-order valence-electron chi connectivity index (χ3n) is 3.83. The van der Waals surface area contributed by atoms with Gasteiger partial charge in [0.1, 0.15) is 5.75 Å². The van der Waals surface area contributed by atoms with Gasteiger partial charge in [0, 0.05) is 16.4 Å². The van der Waals surface area contributed by atoms with E-state index in [0.29, 0.717) is 16.4 Å². The van der Waals surface area contributed by atoms with E-state index in [1.165, 1.54) is 0 Å². The van der Waals surface area contributed by atoms with Crippen LogP contribution in [0, 0.1) is 0 Å². The number of anilines is 2. The van der Waals surface area contributed by atoms with Crippen LogP contribution in [0.3, 0.4) is 0 Å². The van der Waals surface area contributed by atoms with E-state index in [1.54, 1.807) is 31.4 Å². The van der Waals surface area contributed by atoms with Crippen LogP contribution in [0.25, 0.3) is 12.2 Å². The molecule has 136 valence electrons. The fraction of sp³-hybridized carbons (Fsp3) is 0.0455. The van der Waals surface area contributed by atoms with Crippen molar-refractivity contribution < 1.29 is 9.53 Å². The highest BCUT2D eigenvalue weighted by Gasteiger charge is 2.03. The minimum Gasteiger partial charge on any atom is -0.497 e. The highest BCUT2D eigenvalue weighted by molar-refractivity contribution is 6.30. The Morgan fingerprint density at radius 2 is 1.52 bits per heavy atom. The fourth-order valence-electron chi connectivity index (χ4n) is 2.45. The fourth-order valence-corrected chi connectivity index (χ4v) is 2.58. The first-order valence-corrected chi connectivity index (χ1v) is 8.76. The lowest BCUT2D eigenvalue weighted by molar-refractivity contribution is 0.262. The van der Waals surface area contributed by atoms with Crippen LogP contribution in [0.2, 0.25) is 5.02 Å². The maximum absolute atomic E-state index is 12.1. The van der Waals surface area contributed by atoms with E-state index in [9.17, 15) is 4.79 Å². The van der Waals surface area contributed by atoms with Crippen LogP contribution in [0.4, 0.5) is 16.2 Å². The molecule has 0 saturated carbocycles. The summed E-state index contributed by atoms with van der Waals surface area (Å²) in [6.45, 7) is 0. The lowest BCUT2D eigenvalue weighted by Crippen LogP contribution is -2.19. The number of halogens is 1.